The number of urea groups is 1. The minimum absolute atomic E-state index is 0.441. The quantitative estimate of drug-likeness (QED) is 0.722. The Bertz CT molecular complexity index is 520. The fourth-order valence-electron chi connectivity index (χ4n) is 2.36. The smallest absolute Gasteiger partial charge is 0.319 e. The van der Waals surface area contributed by atoms with Gasteiger partial charge in [-0.05, 0) is 43.5 Å². The number of aryl methyl sites for hydroxylation is 2. The molecule has 0 unspecified atom stereocenters. The molecule has 122 valence electrons. The molecule has 0 aliphatic rings. The Labute approximate surface area is 131 Å². The van der Waals surface area contributed by atoms with Gasteiger partial charge in [-0.2, -0.15) is 0 Å². The second kappa shape index (κ2) is 8.26. The van der Waals surface area contributed by atoms with E-state index in [1.165, 1.54) is 0 Å². The van der Waals surface area contributed by atoms with Crippen LogP contribution in [0.4, 0.5) is 10.5 Å². The number of rotatable bonds is 7. The summed E-state index contributed by atoms with van der Waals surface area (Å²) in [7, 11) is 1.61. The number of hydrogen-bond acceptors (Lipinski definition) is 3. The molecule has 0 aliphatic carbocycles. The molecule has 1 atom stereocenters. The maximum absolute atomic E-state index is 12.0. The maximum Gasteiger partial charge on any atom is 0.319 e. The number of unbranched alkanes of at least 4 members (excludes halogenated alkanes) is 1. The summed E-state index contributed by atoms with van der Waals surface area (Å²) in [6, 6.07) is 2.54. The van der Waals surface area contributed by atoms with Crippen LogP contribution in [0.15, 0.2) is 12.1 Å². The van der Waals surface area contributed by atoms with Gasteiger partial charge in [0, 0.05) is 5.69 Å². The molecule has 3 amide bonds. The summed E-state index contributed by atoms with van der Waals surface area (Å²) in [5.74, 6) is 0.273. The Balaban J connectivity index is 2.73. The molecule has 0 aliphatic heterocycles. The molecule has 0 spiro atoms. The van der Waals surface area contributed by atoms with E-state index in [0.717, 1.165) is 29.7 Å². The van der Waals surface area contributed by atoms with Crippen LogP contribution in [0.1, 0.15) is 37.3 Å². The van der Waals surface area contributed by atoms with E-state index in [1.807, 2.05) is 32.9 Å². The van der Waals surface area contributed by atoms with E-state index in [-0.39, 0.29) is 0 Å². The molecule has 0 heterocycles. The lowest BCUT2D eigenvalue weighted by atomic mass is 10.1. The Morgan fingerprint density at radius 1 is 1.27 bits per heavy atom. The molecule has 0 saturated heterocycles. The van der Waals surface area contributed by atoms with Crippen LogP contribution in [0.2, 0.25) is 0 Å². The van der Waals surface area contributed by atoms with E-state index in [9.17, 15) is 9.59 Å². The normalized spacial score (nSPS) is 11.6. The number of carbonyl (C=O) groups is 2. The van der Waals surface area contributed by atoms with Crippen molar-refractivity contribution < 1.29 is 14.3 Å². The molecule has 6 heteroatoms. The number of primary amides is 1. The summed E-state index contributed by atoms with van der Waals surface area (Å²) in [6.45, 7) is 5.83. The number of benzene rings is 1. The highest BCUT2D eigenvalue weighted by Crippen LogP contribution is 2.26. The molecular weight excluding hydrogens is 282 g/mol. The van der Waals surface area contributed by atoms with Crippen LogP contribution in [0.5, 0.6) is 5.75 Å². The maximum atomic E-state index is 12.0. The molecule has 0 saturated carbocycles. The van der Waals surface area contributed by atoms with Crippen molar-refractivity contribution in [2.75, 3.05) is 12.4 Å². The average molecular weight is 307 g/mol. The second-order valence-corrected chi connectivity index (χ2v) is 5.34. The Morgan fingerprint density at radius 2 is 1.86 bits per heavy atom. The molecule has 0 radical (unpaired) electrons. The summed E-state index contributed by atoms with van der Waals surface area (Å²) in [6.07, 6.45) is 2.30. The van der Waals surface area contributed by atoms with Gasteiger partial charge >= 0.3 is 6.03 Å². The standard InChI is InChI=1S/C16H25N3O3/c1-5-6-7-13(15(17)20)19-16(21)18-12-8-10(2)14(22-4)11(3)9-12/h8-9,13H,5-7H2,1-4H3,(H2,17,20)(H2,18,19,21)/t13-/m1/s1. The van der Waals surface area contributed by atoms with Crippen molar-refractivity contribution in [3.63, 3.8) is 0 Å². The zero-order chi connectivity index (χ0) is 16.7. The predicted molar refractivity (Wildman–Crippen MR) is 87.1 cm³/mol. The zero-order valence-corrected chi connectivity index (χ0v) is 13.7. The second-order valence-electron chi connectivity index (χ2n) is 5.34. The van der Waals surface area contributed by atoms with Gasteiger partial charge in [0.1, 0.15) is 11.8 Å². The number of anilines is 1. The van der Waals surface area contributed by atoms with Crippen molar-refractivity contribution in [1.82, 2.24) is 5.32 Å². The molecule has 1 aromatic carbocycles. The van der Waals surface area contributed by atoms with Gasteiger partial charge in [0.15, 0.2) is 0 Å². The summed E-state index contributed by atoms with van der Waals surface area (Å²) in [5, 5.41) is 5.33. The first-order valence-electron chi connectivity index (χ1n) is 7.41. The highest BCUT2D eigenvalue weighted by atomic mass is 16.5. The van der Waals surface area contributed by atoms with Crippen molar-refractivity contribution in [2.24, 2.45) is 5.73 Å². The van der Waals surface area contributed by atoms with Gasteiger partial charge in [-0.1, -0.05) is 19.8 Å². The summed E-state index contributed by atoms with van der Waals surface area (Å²) in [4.78, 5) is 23.4. The van der Waals surface area contributed by atoms with Gasteiger partial charge < -0.3 is 21.1 Å². The van der Waals surface area contributed by atoms with Gasteiger partial charge in [0.25, 0.3) is 0 Å². The number of amides is 3. The van der Waals surface area contributed by atoms with Crippen molar-refractivity contribution in [1.29, 1.82) is 0 Å². The molecule has 6 nitrogen and oxygen atoms in total. The average Bonchev–Trinajstić information content (AvgIpc) is 2.42. The number of hydrogen-bond donors (Lipinski definition) is 3. The minimum atomic E-state index is -0.652. The number of ether oxygens (including phenoxy) is 1. The van der Waals surface area contributed by atoms with Crippen molar-refractivity contribution >= 4 is 17.6 Å². The van der Waals surface area contributed by atoms with E-state index in [2.05, 4.69) is 10.6 Å². The summed E-state index contributed by atoms with van der Waals surface area (Å²) >= 11 is 0. The molecule has 22 heavy (non-hydrogen) atoms. The lowest BCUT2D eigenvalue weighted by molar-refractivity contribution is -0.119. The van der Waals surface area contributed by atoms with Crippen LogP contribution in [0, 0.1) is 13.8 Å². The predicted octanol–water partition coefficient (Wildman–Crippen LogP) is 2.48. The molecule has 1 aromatic rings. The fourth-order valence-corrected chi connectivity index (χ4v) is 2.36. The third kappa shape index (κ3) is 4.95. The monoisotopic (exact) mass is 307 g/mol. The number of nitrogens with one attached hydrogen (secondary N) is 2. The molecular formula is C16H25N3O3. The van der Waals surface area contributed by atoms with Crippen molar-refractivity contribution in [2.45, 2.75) is 46.1 Å². The van der Waals surface area contributed by atoms with E-state index >= 15 is 0 Å². The first-order chi connectivity index (χ1) is 10.4. The van der Waals surface area contributed by atoms with Crippen LogP contribution in [0.3, 0.4) is 0 Å². The lowest BCUT2D eigenvalue weighted by Crippen LogP contribution is -2.46. The third-order valence-electron chi connectivity index (χ3n) is 3.42. The molecule has 1 rings (SSSR count). The van der Waals surface area contributed by atoms with Gasteiger partial charge in [-0.15, -0.1) is 0 Å². The van der Waals surface area contributed by atoms with Gasteiger partial charge in [0.05, 0.1) is 7.11 Å². The van der Waals surface area contributed by atoms with Gasteiger partial charge in [-0.25, -0.2) is 4.79 Å². The van der Waals surface area contributed by atoms with E-state index in [1.54, 1.807) is 7.11 Å². The molecule has 0 aromatic heterocycles. The summed E-state index contributed by atoms with van der Waals surface area (Å²) < 4.78 is 5.29. The first-order valence-corrected chi connectivity index (χ1v) is 7.41. The van der Waals surface area contributed by atoms with Crippen LogP contribution in [0.25, 0.3) is 0 Å². The Kier molecular flexibility index (Phi) is 6.69. The molecule has 4 N–H and O–H groups in total. The van der Waals surface area contributed by atoms with E-state index in [0.29, 0.717) is 12.1 Å². The number of nitrogens with two attached hydrogens (primary N) is 1. The van der Waals surface area contributed by atoms with Crippen LogP contribution < -0.4 is 21.1 Å². The zero-order valence-electron chi connectivity index (χ0n) is 13.7. The lowest BCUT2D eigenvalue weighted by Gasteiger charge is -2.17. The van der Waals surface area contributed by atoms with Crippen LogP contribution in [-0.2, 0) is 4.79 Å². The largest absolute Gasteiger partial charge is 0.496 e. The van der Waals surface area contributed by atoms with E-state index in [4.69, 9.17) is 10.5 Å². The van der Waals surface area contributed by atoms with Crippen LogP contribution in [-0.4, -0.2) is 25.1 Å². The van der Waals surface area contributed by atoms with E-state index < -0.39 is 18.0 Å². The number of carbonyl (C=O) groups excluding carboxylic acids is 2. The fraction of sp³-hybridized carbons (Fsp3) is 0.500. The van der Waals surface area contributed by atoms with Gasteiger partial charge in [-0.3, -0.25) is 4.79 Å². The number of methoxy groups -OCH3 is 1. The Morgan fingerprint density at radius 3 is 2.32 bits per heavy atom. The highest BCUT2D eigenvalue weighted by Gasteiger charge is 2.17. The SMILES string of the molecule is CCCC[C@@H](NC(=O)Nc1cc(C)c(OC)c(C)c1)C(N)=O. The third-order valence-corrected chi connectivity index (χ3v) is 3.42. The molecule has 0 bridgehead atoms. The Hall–Kier alpha value is -2.24. The van der Waals surface area contributed by atoms with Crippen LogP contribution >= 0.6 is 0 Å². The first kappa shape index (κ1) is 17.8. The summed E-state index contributed by atoms with van der Waals surface area (Å²) in [5.41, 5.74) is 7.80. The highest BCUT2D eigenvalue weighted by molar-refractivity contribution is 5.93. The minimum Gasteiger partial charge on any atom is -0.496 e. The van der Waals surface area contributed by atoms with Crippen molar-refractivity contribution in [3.8, 4) is 5.75 Å². The van der Waals surface area contributed by atoms with Gasteiger partial charge in [0.2, 0.25) is 5.91 Å². The molecule has 0 fully saturated rings. The topological polar surface area (TPSA) is 93.4 Å². The van der Waals surface area contributed by atoms with Crippen molar-refractivity contribution in [3.05, 3.63) is 23.3 Å².